The lowest BCUT2D eigenvalue weighted by atomic mass is 9.58. The van der Waals surface area contributed by atoms with Crippen LogP contribution in [-0.4, -0.2) is 35.8 Å². The first-order valence-electron chi connectivity index (χ1n) is 12.6. The molecule has 5 fully saturated rings. The van der Waals surface area contributed by atoms with E-state index in [1.807, 2.05) is 13.8 Å². The number of ether oxygens (including phenoxy) is 3. The van der Waals surface area contributed by atoms with Crippen LogP contribution in [0.25, 0.3) is 0 Å². The first-order chi connectivity index (χ1) is 17.5. The lowest BCUT2D eigenvalue weighted by molar-refractivity contribution is -0.576. The van der Waals surface area contributed by atoms with Crippen LogP contribution < -0.4 is 10.9 Å². The number of hydrogen-bond donors (Lipinski definition) is 2. The molecule has 6 rings (SSSR count). The standard InChI is InChI=1S/C25H31Cl3N2O7/c1-12-4-5-16-13(2)22(34-23-25(16)15(12)8-9-24(3,35-23)36-37-25)33-20(32)7-6-19(31)29-30-21-17(27)10-14(26)11-18(21)28/h10-13,15-16,22-23,30H,4-9H2,1-3H3,(H,29,31)/t12-,13-,15+,16-,22+,23-,24-,25-/m1/s1. The molecular weight excluding hydrogens is 547 g/mol. The highest BCUT2D eigenvalue weighted by Crippen LogP contribution is 2.60. The van der Waals surface area contributed by atoms with E-state index >= 15 is 0 Å². The van der Waals surface area contributed by atoms with Crippen molar-refractivity contribution < 1.29 is 33.6 Å². The Kier molecular flexibility index (Phi) is 7.61. The minimum absolute atomic E-state index is 0.0364. The summed E-state index contributed by atoms with van der Waals surface area (Å²) in [5.74, 6) is -1.35. The second-order valence-corrected chi connectivity index (χ2v) is 11.9. The van der Waals surface area contributed by atoms with Gasteiger partial charge in [-0.2, -0.15) is 0 Å². The van der Waals surface area contributed by atoms with Crippen LogP contribution in [-0.2, 0) is 33.6 Å². The monoisotopic (exact) mass is 576 g/mol. The van der Waals surface area contributed by atoms with Gasteiger partial charge < -0.3 is 14.2 Å². The van der Waals surface area contributed by atoms with Crippen molar-refractivity contribution in [1.82, 2.24) is 5.43 Å². The molecule has 4 heterocycles. The third-order valence-corrected chi connectivity index (χ3v) is 9.05. The van der Waals surface area contributed by atoms with Gasteiger partial charge in [0.15, 0.2) is 11.9 Å². The van der Waals surface area contributed by atoms with Crippen LogP contribution in [0, 0.1) is 23.7 Å². The van der Waals surface area contributed by atoms with Crippen molar-refractivity contribution in [2.45, 2.75) is 83.3 Å². The number of nitrogens with one attached hydrogen (secondary N) is 2. The predicted molar refractivity (Wildman–Crippen MR) is 135 cm³/mol. The number of esters is 1. The molecule has 1 saturated carbocycles. The summed E-state index contributed by atoms with van der Waals surface area (Å²) in [6.45, 7) is 6.08. The number of fused-ring (bicyclic) bond motifs is 2. The third kappa shape index (κ3) is 5.04. The van der Waals surface area contributed by atoms with E-state index < -0.39 is 35.8 Å². The first kappa shape index (κ1) is 27.2. The molecule has 5 aliphatic rings. The molecule has 0 aromatic heterocycles. The molecule has 2 bridgehead atoms. The number of hydrazine groups is 1. The van der Waals surface area contributed by atoms with Crippen molar-refractivity contribution in [3.8, 4) is 0 Å². The highest BCUT2D eigenvalue weighted by molar-refractivity contribution is 6.41. The summed E-state index contributed by atoms with van der Waals surface area (Å²) in [6.07, 6.45) is 1.77. The van der Waals surface area contributed by atoms with Gasteiger partial charge in [-0.05, 0) is 50.2 Å². The molecule has 1 aromatic carbocycles. The Bertz CT molecular complexity index is 1050. The van der Waals surface area contributed by atoms with Gasteiger partial charge in [-0.15, -0.1) is 0 Å². The van der Waals surface area contributed by atoms with Crippen molar-refractivity contribution in [1.29, 1.82) is 0 Å². The molecule has 204 valence electrons. The summed E-state index contributed by atoms with van der Waals surface area (Å²) in [5.41, 5.74) is 4.71. The van der Waals surface area contributed by atoms with E-state index in [1.165, 1.54) is 12.1 Å². The summed E-state index contributed by atoms with van der Waals surface area (Å²) in [4.78, 5) is 36.9. The molecule has 4 aliphatic heterocycles. The number of halogens is 3. The smallest absolute Gasteiger partial charge is 0.308 e. The minimum atomic E-state index is -0.909. The molecule has 37 heavy (non-hydrogen) atoms. The molecule has 1 spiro atoms. The average Bonchev–Trinajstić information content (AvgIpc) is 3.06. The van der Waals surface area contributed by atoms with Gasteiger partial charge in [0.1, 0.15) is 0 Å². The quantitative estimate of drug-likeness (QED) is 0.255. The van der Waals surface area contributed by atoms with Crippen LogP contribution in [0.1, 0.15) is 59.3 Å². The Morgan fingerprint density at radius 3 is 2.51 bits per heavy atom. The zero-order valence-electron chi connectivity index (χ0n) is 20.9. The van der Waals surface area contributed by atoms with E-state index in [1.54, 1.807) is 0 Å². The Balaban J connectivity index is 1.19. The summed E-state index contributed by atoms with van der Waals surface area (Å²) in [6, 6.07) is 2.99. The van der Waals surface area contributed by atoms with Crippen molar-refractivity contribution >= 4 is 52.4 Å². The van der Waals surface area contributed by atoms with E-state index in [0.29, 0.717) is 23.0 Å². The van der Waals surface area contributed by atoms with E-state index in [0.717, 1.165) is 19.3 Å². The molecule has 1 aliphatic carbocycles. The second-order valence-electron chi connectivity index (χ2n) is 10.7. The highest BCUT2D eigenvalue weighted by atomic mass is 35.5. The number of anilines is 1. The lowest BCUT2D eigenvalue weighted by Gasteiger charge is -2.59. The highest BCUT2D eigenvalue weighted by Gasteiger charge is 2.69. The molecule has 2 N–H and O–H groups in total. The van der Waals surface area contributed by atoms with Crippen LogP contribution >= 0.6 is 34.8 Å². The Morgan fingerprint density at radius 2 is 1.78 bits per heavy atom. The average molecular weight is 578 g/mol. The minimum Gasteiger partial charge on any atom is -0.435 e. The molecule has 1 amide bonds. The molecule has 12 heteroatoms. The Labute approximate surface area is 230 Å². The molecule has 4 saturated heterocycles. The number of benzene rings is 1. The van der Waals surface area contributed by atoms with Gasteiger partial charge in [-0.25, -0.2) is 9.78 Å². The molecule has 0 unspecified atom stereocenters. The number of rotatable bonds is 6. The summed E-state index contributed by atoms with van der Waals surface area (Å²) in [7, 11) is 0. The van der Waals surface area contributed by atoms with Gasteiger partial charge in [0, 0.05) is 29.7 Å². The molecule has 9 nitrogen and oxygen atoms in total. The lowest BCUT2D eigenvalue weighted by Crippen LogP contribution is -2.70. The summed E-state index contributed by atoms with van der Waals surface area (Å²) in [5, 5.41) is 0.860. The number of carbonyl (C=O) groups excluding carboxylic acids is 2. The molecule has 8 atom stereocenters. The molecule has 1 aromatic rings. The van der Waals surface area contributed by atoms with Crippen molar-refractivity contribution in [3.63, 3.8) is 0 Å². The fraction of sp³-hybridized carbons (Fsp3) is 0.680. The van der Waals surface area contributed by atoms with Gasteiger partial charge >= 0.3 is 5.97 Å². The van der Waals surface area contributed by atoms with Gasteiger partial charge in [0.2, 0.25) is 18.0 Å². The topological polar surface area (TPSA) is 104 Å². The van der Waals surface area contributed by atoms with Crippen LogP contribution in [0.15, 0.2) is 12.1 Å². The van der Waals surface area contributed by atoms with Crippen molar-refractivity contribution in [3.05, 3.63) is 27.2 Å². The fourth-order valence-corrected chi connectivity index (χ4v) is 7.18. The maximum Gasteiger partial charge on any atom is 0.308 e. The predicted octanol–water partition coefficient (Wildman–Crippen LogP) is 5.62. The van der Waals surface area contributed by atoms with Crippen LogP contribution in [0.5, 0.6) is 0 Å². The Hall–Kier alpha value is -1.33. The number of carbonyl (C=O) groups is 2. The zero-order valence-corrected chi connectivity index (χ0v) is 23.1. The van der Waals surface area contributed by atoms with Gasteiger partial charge in [0.05, 0.1) is 22.2 Å². The van der Waals surface area contributed by atoms with E-state index in [-0.39, 0.29) is 40.6 Å². The van der Waals surface area contributed by atoms with Crippen LogP contribution in [0.3, 0.4) is 0 Å². The first-order valence-corrected chi connectivity index (χ1v) is 13.7. The maximum absolute atomic E-state index is 12.7. The number of amides is 1. The second kappa shape index (κ2) is 10.3. The SMILES string of the molecule is C[C@H]1[C@@H](OC(=O)CCC(=O)NNc2c(Cl)cc(Cl)cc2Cl)O[C@@H]2O[C@@]3(C)CC[C@H]4[C@H](C)CC[C@H]1[C@@]24OO3. The van der Waals surface area contributed by atoms with Gasteiger partial charge in [-0.3, -0.25) is 20.4 Å². The summed E-state index contributed by atoms with van der Waals surface area (Å²) < 4.78 is 18.2. The van der Waals surface area contributed by atoms with Gasteiger partial charge in [-0.1, -0.05) is 48.7 Å². The molecule has 0 radical (unpaired) electrons. The fourth-order valence-electron chi connectivity index (χ4n) is 6.27. The third-order valence-electron chi connectivity index (χ3n) is 8.23. The largest absolute Gasteiger partial charge is 0.435 e. The molecular formula is C25H31Cl3N2O7. The van der Waals surface area contributed by atoms with E-state index in [4.69, 9.17) is 58.8 Å². The van der Waals surface area contributed by atoms with E-state index in [9.17, 15) is 9.59 Å². The van der Waals surface area contributed by atoms with Crippen LogP contribution in [0.2, 0.25) is 15.1 Å². The number of hydrogen-bond acceptors (Lipinski definition) is 8. The van der Waals surface area contributed by atoms with Gasteiger partial charge in [0.25, 0.3) is 0 Å². The van der Waals surface area contributed by atoms with Crippen LogP contribution in [0.4, 0.5) is 5.69 Å². The van der Waals surface area contributed by atoms with Crippen molar-refractivity contribution in [2.24, 2.45) is 23.7 Å². The normalized spacial score (nSPS) is 38.3. The maximum atomic E-state index is 12.7. The Morgan fingerprint density at radius 1 is 1.05 bits per heavy atom. The van der Waals surface area contributed by atoms with E-state index in [2.05, 4.69) is 17.8 Å². The zero-order chi connectivity index (χ0) is 26.5. The summed E-state index contributed by atoms with van der Waals surface area (Å²) >= 11 is 18.1. The van der Waals surface area contributed by atoms with Crippen molar-refractivity contribution in [2.75, 3.05) is 5.43 Å².